The molecule has 0 amide bonds. The van der Waals surface area contributed by atoms with Gasteiger partial charge in [0.15, 0.2) is 0 Å². The third-order valence-electron chi connectivity index (χ3n) is 3.06. The average Bonchev–Trinajstić information content (AvgIpc) is 2.96. The van der Waals surface area contributed by atoms with E-state index in [-0.39, 0.29) is 0 Å². The van der Waals surface area contributed by atoms with Crippen LogP contribution in [0, 0.1) is 0 Å². The lowest BCUT2D eigenvalue weighted by atomic mass is 10.4. The summed E-state index contributed by atoms with van der Waals surface area (Å²) in [6.45, 7) is 5.66. The van der Waals surface area contributed by atoms with Gasteiger partial charge in [-0.3, -0.25) is 0 Å². The molecule has 17 heavy (non-hydrogen) atoms. The van der Waals surface area contributed by atoms with Gasteiger partial charge in [-0.05, 0) is 45.1 Å². The van der Waals surface area contributed by atoms with Crippen LogP contribution in [0.5, 0.6) is 0 Å². The van der Waals surface area contributed by atoms with Gasteiger partial charge in [-0.25, -0.2) is 0 Å². The molecule has 2 rings (SSSR count). The molecular formula is C13H22N2O2. The number of ether oxygens (including phenoxy) is 1. The Bertz CT molecular complexity index is 319. The Balaban J connectivity index is 1.60. The first-order chi connectivity index (χ1) is 8.38. The number of likely N-dealkylation sites (tertiary alicyclic amines) is 1. The fourth-order valence-electron chi connectivity index (χ4n) is 2.14. The van der Waals surface area contributed by atoms with E-state index in [0.29, 0.717) is 6.61 Å². The van der Waals surface area contributed by atoms with Crippen LogP contribution in [0.15, 0.2) is 16.5 Å². The molecule has 0 bridgehead atoms. The monoisotopic (exact) mass is 238 g/mol. The highest BCUT2D eigenvalue weighted by Gasteiger charge is 2.10. The molecule has 2 heterocycles. The fourth-order valence-corrected chi connectivity index (χ4v) is 2.14. The van der Waals surface area contributed by atoms with E-state index in [4.69, 9.17) is 9.15 Å². The molecule has 1 fully saturated rings. The van der Waals surface area contributed by atoms with Crippen LogP contribution in [-0.4, -0.2) is 38.2 Å². The topological polar surface area (TPSA) is 37.6 Å². The minimum Gasteiger partial charge on any atom is -0.462 e. The summed E-state index contributed by atoms with van der Waals surface area (Å²) in [5.41, 5.74) is 0. The Morgan fingerprint density at radius 1 is 1.29 bits per heavy atom. The molecule has 0 radical (unpaired) electrons. The third-order valence-corrected chi connectivity index (χ3v) is 3.06. The minimum atomic E-state index is 0.581. The standard InChI is InChI=1S/C13H22N2O2/c1-14-10-12-4-5-13(17-12)11-16-9-8-15-6-2-3-7-15/h4-5,14H,2-3,6-11H2,1H3. The Morgan fingerprint density at radius 3 is 2.82 bits per heavy atom. The SMILES string of the molecule is CNCc1ccc(COCCN2CCCC2)o1. The summed E-state index contributed by atoms with van der Waals surface area (Å²) >= 11 is 0. The van der Waals surface area contributed by atoms with E-state index in [2.05, 4.69) is 10.2 Å². The predicted octanol–water partition coefficient (Wildman–Crippen LogP) is 1.61. The van der Waals surface area contributed by atoms with E-state index < -0.39 is 0 Å². The quantitative estimate of drug-likeness (QED) is 0.732. The lowest BCUT2D eigenvalue weighted by Gasteiger charge is -2.13. The zero-order chi connectivity index (χ0) is 11.9. The van der Waals surface area contributed by atoms with Gasteiger partial charge < -0.3 is 19.4 Å². The molecule has 4 nitrogen and oxygen atoms in total. The van der Waals surface area contributed by atoms with Crippen molar-refractivity contribution in [2.45, 2.75) is 26.0 Å². The molecule has 1 aromatic heterocycles. The summed E-state index contributed by atoms with van der Waals surface area (Å²) < 4.78 is 11.2. The van der Waals surface area contributed by atoms with Crippen LogP contribution in [0.4, 0.5) is 0 Å². The minimum absolute atomic E-state index is 0.581. The normalized spacial score (nSPS) is 16.8. The summed E-state index contributed by atoms with van der Waals surface area (Å²) in [5, 5.41) is 3.06. The number of nitrogens with zero attached hydrogens (tertiary/aromatic N) is 1. The van der Waals surface area contributed by atoms with E-state index in [1.54, 1.807) is 0 Å². The molecule has 0 aromatic carbocycles. The van der Waals surface area contributed by atoms with E-state index in [1.165, 1.54) is 25.9 Å². The number of hydrogen-bond donors (Lipinski definition) is 1. The first-order valence-electron chi connectivity index (χ1n) is 6.41. The first-order valence-corrected chi connectivity index (χ1v) is 6.41. The molecule has 0 saturated carbocycles. The molecular weight excluding hydrogens is 216 g/mol. The van der Waals surface area contributed by atoms with Crippen molar-refractivity contribution in [2.75, 3.05) is 33.3 Å². The van der Waals surface area contributed by atoms with E-state index in [1.807, 2.05) is 19.2 Å². The number of furan rings is 1. The summed E-state index contributed by atoms with van der Waals surface area (Å²) in [6, 6.07) is 3.98. The highest BCUT2D eigenvalue weighted by atomic mass is 16.5. The van der Waals surface area contributed by atoms with Crippen molar-refractivity contribution in [1.82, 2.24) is 10.2 Å². The summed E-state index contributed by atoms with van der Waals surface area (Å²) in [7, 11) is 1.91. The zero-order valence-electron chi connectivity index (χ0n) is 10.6. The largest absolute Gasteiger partial charge is 0.462 e. The van der Waals surface area contributed by atoms with E-state index in [9.17, 15) is 0 Å². The van der Waals surface area contributed by atoms with Crippen LogP contribution < -0.4 is 5.32 Å². The van der Waals surface area contributed by atoms with Crippen LogP contribution in [0.2, 0.25) is 0 Å². The predicted molar refractivity (Wildman–Crippen MR) is 66.8 cm³/mol. The second-order valence-corrected chi connectivity index (χ2v) is 4.50. The number of rotatable bonds is 7. The number of nitrogens with one attached hydrogen (secondary N) is 1. The van der Waals surface area contributed by atoms with Gasteiger partial charge >= 0.3 is 0 Å². The first kappa shape index (κ1) is 12.6. The van der Waals surface area contributed by atoms with Gasteiger partial charge in [-0.2, -0.15) is 0 Å². The number of hydrogen-bond acceptors (Lipinski definition) is 4. The molecule has 1 N–H and O–H groups in total. The van der Waals surface area contributed by atoms with E-state index >= 15 is 0 Å². The maximum atomic E-state index is 5.62. The summed E-state index contributed by atoms with van der Waals surface area (Å²) in [4.78, 5) is 2.45. The Hall–Kier alpha value is -0.840. The van der Waals surface area contributed by atoms with Crippen molar-refractivity contribution in [1.29, 1.82) is 0 Å². The molecule has 1 aliphatic heterocycles. The molecule has 0 aliphatic carbocycles. The van der Waals surface area contributed by atoms with Gasteiger partial charge in [0.05, 0.1) is 13.2 Å². The Kier molecular flexibility index (Phi) is 5.04. The van der Waals surface area contributed by atoms with Crippen molar-refractivity contribution in [3.8, 4) is 0 Å². The van der Waals surface area contributed by atoms with Crippen molar-refractivity contribution in [2.24, 2.45) is 0 Å². The van der Waals surface area contributed by atoms with Gasteiger partial charge in [0.1, 0.15) is 18.1 Å². The lowest BCUT2D eigenvalue weighted by molar-refractivity contribution is 0.0867. The molecule has 4 heteroatoms. The van der Waals surface area contributed by atoms with E-state index in [0.717, 1.165) is 31.2 Å². The molecule has 1 aromatic rings. The van der Waals surface area contributed by atoms with Crippen LogP contribution in [0.3, 0.4) is 0 Å². The third kappa shape index (κ3) is 4.15. The zero-order valence-corrected chi connectivity index (χ0v) is 10.6. The second kappa shape index (κ2) is 6.79. The molecule has 96 valence electrons. The summed E-state index contributed by atoms with van der Waals surface area (Å²) in [6.07, 6.45) is 2.68. The average molecular weight is 238 g/mol. The van der Waals surface area contributed by atoms with Crippen molar-refractivity contribution < 1.29 is 9.15 Å². The highest BCUT2D eigenvalue weighted by molar-refractivity contribution is 5.06. The second-order valence-electron chi connectivity index (χ2n) is 4.50. The lowest BCUT2D eigenvalue weighted by Crippen LogP contribution is -2.23. The smallest absolute Gasteiger partial charge is 0.129 e. The highest BCUT2D eigenvalue weighted by Crippen LogP contribution is 2.09. The molecule has 0 spiro atoms. The van der Waals surface area contributed by atoms with Gasteiger partial charge in [0.25, 0.3) is 0 Å². The van der Waals surface area contributed by atoms with Crippen LogP contribution >= 0.6 is 0 Å². The maximum Gasteiger partial charge on any atom is 0.129 e. The van der Waals surface area contributed by atoms with Gasteiger partial charge in [-0.1, -0.05) is 0 Å². The molecule has 0 atom stereocenters. The summed E-state index contributed by atoms with van der Waals surface area (Å²) in [5.74, 6) is 1.88. The molecule has 0 unspecified atom stereocenters. The van der Waals surface area contributed by atoms with Gasteiger partial charge in [0.2, 0.25) is 0 Å². The Morgan fingerprint density at radius 2 is 2.06 bits per heavy atom. The van der Waals surface area contributed by atoms with Gasteiger partial charge in [0, 0.05) is 6.54 Å². The Labute approximate surface area is 103 Å². The van der Waals surface area contributed by atoms with Crippen molar-refractivity contribution in [3.05, 3.63) is 23.7 Å². The molecule has 1 aliphatic rings. The van der Waals surface area contributed by atoms with Crippen LogP contribution in [0.1, 0.15) is 24.4 Å². The van der Waals surface area contributed by atoms with Crippen molar-refractivity contribution in [3.63, 3.8) is 0 Å². The molecule has 1 saturated heterocycles. The maximum absolute atomic E-state index is 5.62. The fraction of sp³-hybridized carbons (Fsp3) is 0.692. The van der Waals surface area contributed by atoms with Crippen molar-refractivity contribution >= 4 is 0 Å². The van der Waals surface area contributed by atoms with Crippen LogP contribution in [0.25, 0.3) is 0 Å². The van der Waals surface area contributed by atoms with Gasteiger partial charge in [-0.15, -0.1) is 0 Å². The van der Waals surface area contributed by atoms with Crippen LogP contribution in [-0.2, 0) is 17.9 Å².